The normalized spacial score (nSPS) is 12.2. The summed E-state index contributed by atoms with van der Waals surface area (Å²) < 4.78 is 49.5. The molecule has 10 aromatic rings. The predicted octanol–water partition coefficient (Wildman–Crippen LogP) is 15.2. The molecule has 0 saturated carbocycles. The first-order chi connectivity index (χ1) is 35.1. The van der Waals surface area contributed by atoms with Crippen molar-refractivity contribution >= 4 is 26.4 Å². The molecule has 0 aromatic heterocycles. The molecule has 8 heteroatoms. The van der Waals surface area contributed by atoms with Crippen LogP contribution < -0.4 is 18.9 Å². The molecule has 0 bridgehead atoms. The molecule has 1 aliphatic carbocycles. The average Bonchev–Trinajstić information content (AvgIpc) is 3.73. The van der Waals surface area contributed by atoms with Gasteiger partial charge in [0.05, 0.1) is 29.4 Å². The highest BCUT2D eigenvalue weighted by Crippen LogP contribution is 2.56. The van der Waals surface area contributed by atoms with Crippen molar-refractivity contribution in [2.75, 3.05) is 14.2 Å². The Labute approximate surface area is 420 Å². The third kappa shape index (κ3) is 9.00. The highest BCUT2D eigenvalue weighted by molar-refractivity contribution is 7.91. The van der Waals surface area contributed by atoms with E-state index in [-0.39, 0.29) is 21.0 Å². The minimum Gasteiger partial charge on any atom is -0.497 e. The number of aryl methyl sites for hydroxylation is 2. The van der Waals surface area contributed by atoms with Gasteiger partial charge < -0.3 is 18.9 Å². The van der Waals surface area contributed by atoms with E-state index in [4.69, 9.17) is 18.9 Å². The molecule has 1 aliphatic rings. The first kappa shape index (κ1) is 47.0. The van der Waals surface area contributed by atoms with Gasteiger partial charge in [-0.3, -0.25) is 4.79 Å². The largest absolute Gasteiger partial charge is 0.497 e. The molecule has 0 aliphatic heterocycles. The van der Waals surface area contributed by atoms with Crippen molar-refractivity contribution in [2.24, 2.45) is 0 Å². The van der Waals surface area contributed by atoms with Crippen LogP contribution in [0.1, 0.15) is 49.3 Å². The van der Waals surface area contributed by atoms with Crippen LogP contribution in [0, 0.1) is 13.8 Å². The second kappa shape index (κ2) is 19.9. The number of hydrogen-bond acceptors (Lipinski definition) is 7. The molecule has 0 atom stereocenters. The summed E-state index contributed by atoms with van der Waals surface area (Å²) in [5.41, 5.74) is 10.7. The van der Waals surface area contributed by atoms with Crippen molar-refractivity contribution in [1.29, 1.82) is 0 Å². The van der Waals surface area contributed by atoms with Gasteiger partial charge in [-0.2, -0.15) is 0 Å². The fourth-order valence-electron chi connectivity index (χ4n) is 9.55. The molecule has 0 fully saturated rings. The third-order valence-corrected chi connectivity index (χ3v) is 15.0. The van der Waals surface area contributed by atoms with Gasteiger partial charge in [-0.15, -0.1) is 0 Å². The maximum atomic E-state index is 13.3. The Kier molecular flexibility index (Phi) is 13.0. The van der Waals surface area contributed by atoms with Crippen molar-refractivity contribution in [3.8, 4) is 45.6 Å². The molecular formula is C64H50O7S. The Hall–Kier alpha value is -8.72. The number of benzene rings is 10. The van der Waals surface area contributed by atoms with E-state index in [0.717, 1.165) is 33.4 Å². The molecule has 0 spiro atoms. The summed E-state index contributed by atoms with van der Waals surface area (Å²) in [6, 6.07) is 73.3. The van der Waals surface area contributed by atoms with Gasteiger partial charge in [0.1, 0.15) is 34.5 Å². The number of fused-ring (bicyclic) bond motifs is 4. The van der Waals surface area contributed by atoms with E-state index in [0.29, 0.717) is 34.1 Å². The molecule has 0 heterocycles. The molecule has 354 valence electrons. The molecule has 7 nitrogen and oxygen atoms in total. The van der Waals surface area contributed by atoms with E-state index in [9.17, 15) is 13.2 Å². The van der Waals surface area contributed by atoms with Crippen LogP contribution in [0.2, 0.25) is 0 Å². The number of ketones is 1. The molecule has 10 aromatic carbocycles. The summed E-state index contributed by atoms with van der Waals surface area (Å²) in [4.78, 5) is 13.0. The van der Waals surface area contributed by atoms with Crippen LogP contribution in [0.5, 0.6) is 34.5 Å². The van der Waals surface area contributed by atoms with Crippen molar-refractivity contribution in [3.63, 3.8) is 0 Å². The second-order valence-electron chi connectivity index (χ2n) is 17.6. The van der Waals surface area contributed by atoms with Crippen molar-refractivity contribution < 1.29 is 32.2 Å². The van der Waals surface area contributed by atoms with Gasteiger partial charge in [0, 0.05) is 16.5 Å². The molecule has 72 heavy (non-hydrogen) atoms. The van der Waals surface area contributed by atoms with E-state index in [2.05, 4.69) is 91.9 Å². The lowest BCUT2D eigenvalue weighted by atomic mass is 9.68. The minimum atomic E-state index is -3.75. The predicted molar refractivity (Wildman–Crippen MR) is 285 cm³/mol. The van der Waals surface area contributed by atoms with Crippen LogP contribution in [-0.4, -0.2) is 28.4 Å². The van der Waals surface area contributed by atoms with Crippen LogP contribution in [0.4, 0.5) is 0 Å². The van der Waals surface area contributed by atoms with Gasteiger partial charge in [-0.25, -0.2) is 8.42 Å². The van der Waals surface area contributed by atoms with E-state index in [1.54, 1.807) is 74.9 Å². The first-order valence-corrected chi connectivity index (χ1v) is 25.0. The van der Waals surface area contributed by atoms with Gasteiger partial charge in [-0.05, 0) is 161 Å². The maximum absolute atomic E-state index is 13.3. The smallest absolute Gasteiger partial charge is 0.206 e. The number of carbonyl (C=O) groups excluding carboxylic acids is 1. The van der Waals surface area contributed by atoms with Crippen LogP contribution >= 0.6 is 0 Å². The lowest BCUT2D eigenvalue weighted by Gasteiger charge is -2.34. The Bertz CT molecular complexity index is 3570. The lowest BCUT2D eigenvalue weighted by molar-refractivity contribution is 0.103. The molecule has 0 saturated heterocycles. The summed E-state index contributed by atoms with van der Waals surface area (Å²) in [7, 11) is -0.346. The Morgan fingerprint density at radius 2 is 0.819 bits per heavy atom. The lowest BCUT2D eigenvalue weighted by Crippen LogP contribution is -2.28. The van der Waals surface area contributed by atoms with Crippen LogP contribution in [0.15, 0.2) is 240 Å². The van der Waals surface area contributed by atoms with Gasteiger partial charge in [-0.1, -0.05) is 133 Å². The first-order valence-electron chi connectivity index (χ1n) is 23.6. The summed E-state index contributed by atoms with van der Waals surface area (Å²) in [5, 5.41) is 2.10. The Balaban J connectivity index is 0.000000178. The van der Waals surface area contributed by atoms with E-state index < -0.39 is 9.84 Å². The molecule has 0 unspecified atom stereocenters. The third-order valence-electron chi connectivity index (χ3n) is 13.3. The van der Waals surface area contributed by atoms with E-state index in [1.165, 1.54) is 45.5 Å². The summed E-state index contributed by atoms with van der Waals surface area (Å²) in [6.07, 6.45) is 0. The maximum Gasteiger partial charge on any atom is 0.206 e. The van der Waals surface area contributed by atoms with Crippen LogP contribution in [0.25, 0.3) is 21.9 Å². The van der Waals surface area contributed by atoms with E-state index in [1.807, 2.05) is 79.7 Å². The van der Waals surface area contributed by atoms with Crippen molar-refractivity contribution in [1.82, 2.24) is 0 Å². The Morgan fingerprint density at radius 1 is 0.403 bits per heavy atom. The highest BCUT2D eigenvalue weighted by Gasteiger charge is 2.45. The van der Waals surface area contributed by atoms with Gasteiger partial charge in [0.25, 0.3) is 0 Å². The quantitative estimate of drug-likeness (QED) is 0.113. The van der Waals surface area contributed by atoms with E-state index >= 15 is 0 Å². The SMILES string of the molecule is COc1ccc(C2(c3ccc(OC)cc3)c3ccccc3-c3ccccc32)cc1.Cc1ccc(C(=O)c2ccc(Oc3ccc(S(=O)(=O)c4ccc(Oc5cccc6c(C)cccc56)cc4)cc3)cc2)cc1. The zero-order chi connectivity index (χ0) is 49.8. The number of sulfone groups is 1. The number of methoxy groups -OCH3 is 2. The summed E-state index contributed by atoms with van der Waals surface area (Å²) in [6.45, 7) is 4.03. The summed E-state index contributed by atoms with van der Waals surface area (Å²) in [5.74, 6) is 3.92. The number of hydrogen-bond donors (Lipinski definition) is 0. The van der Waals surface area contributed by atoms with Crippen LogP contribution in [-0.2, 0) is 15.3 Å². The fraction of sp³-hybridized carbons (Fsp3) is 0.0781. The molecule has 0 radical (unpaired) electrons. The zero-order valence-electron chi connectivity index (χ0n) is 40.2. The van der Waals surface area contributed by atoms with Gasteiger partial charge in [0.15, 0.2) is 5.78 Å². The molecular weight excluding hydrogens is 913 g/mol. The number of carbonyl (C=O) groups is 1. The Morgan fingerprint density at radius 3 is 1.32 bits per heavy atom. The highest BCUT2D eigenvalue weighted by atomic mass is 32.2. The number of rotatable bonds is 12. The fourth-order valence-corrected chi connectivity index (χ4v) is 10.8. The molecule has 0 N–H and O–H groups in total. The van der Waals surface area contributed by atoms with Crippen LogP contribution in [0.3, 0.4) is 0 Å². The van der Waals surface area contributed by atoms with Crippen molar-refractivity contribution in [2.45, 2.75) is 29.1 Å². The second-order valence-corrected chi connectivity index (χ2v) is 19.5. The van der Waals surface area contributed by atoms with Gasteiger partial charge in [0.2, 0.25) is 9.84 Å². The molecule has 0 amide bonds. The minimum absolute atomic E-state index is 0.0654. The molecule has 11 rings (SSSR count). The standard InChI is InChI=1S/C37H28O5S.C27H22O2/c1-25-9-11-27(12-10-25)37(38)28-13-15-29(16-14-28)41-30-17-21-32(22-18-30)43(39,40)33-23-19-31(20-24-33)42-36-8-4-6-34-26(2)5-3-7-35(34)36;1-28-21-15-11-19(12-16-21)27(20-13-17-22(29-2)18-14-20)25-9-5-3-7-23(25)24-8-4-6-10-26(24)27/h3-24H,1-2H3;3-18H,1-2H3. The topological polar surface area (TPSA) is 88.1 Å². The summed E-state index contributed by atoms with van der Waals surface area (Å²) >= 11 is 0. The zero-order valence-corrected chi connectivity index (χ0v) is 41.0. The monoisotopic (exact) mass is 962 g/mol. The number of ether oxygens (including phenoxy) is 4. The van der Waals surface area contributed by atoms with Gasteiger partial charge >= 0.3 is 0 Å². The average molecular weight is 963 g/mol. The van der Waals surface area contributed by atoms with Crippen molar-refractivity contribution in [3.05, 3.63) is 275 Å².